The second-order valence-electron chi connectivity index (χ2n) is 6.59. The Morgan fingerprint density at radius 1 is 0.793 bits per heavy atom. The largest absolute Gasteiger partial charge is 0.494 e. The molecule has 0 aromatic heterocycles. The predicted molar refractivity (Wildman–Crippen MR) is 105 cm³/mol. The lowest BCUT2D eigenvalue weighted by atomic mass is 9.92. The summed E-state index contributed by atoms with van der Waals surface area (Å²) in [6.45, 7) is 5.71. The number of Topliss-reactive ketones (excluding diaryl/α,β-unsaturated/α-hetero) is 2. The zero-order valence-electron chi connectivity index (χ0n) is 17.0. The number of benzene rings is 1. The number of ether oxygens (including phenoxy) is 3. The van der Waals surface area contributed by atoms with Crippen molar-refractivity contribution in [3.63, 3.8) is 0 Å². The highest BCUT2D eigenvalue weighted by atomic mass is 16.6. The van der Waals surface area contributed by atoms with E-state index in [1.54, 1.807) is 19.9 Å². The summed E-state index contributed by atoms with van der Waals surface area (Å²) in [6, 6.07) is 4.49. The van der Waals surface area contributed by atoms with Gasteiger partial charge in [-0.05, 0) is 24.6 Å². The molecule has 7 heteroatoms. The minimum absolute atomic E-state index is 0.00234. The van der Waals surface area contributed by atoms with Crippen LogP contribution >= 0.6 is 0 Å². The first kappa shape index (κ1) is 22.3. The summed E-state index contributed by atoms with van der Waals surface area (Å²) in [4.78, 5) is 49.2. The lowest BCUT2D eigenvalue weighted by Gasteiger charge is -2.20. The lowest BCUT2D eigenvalue weighted by molar-refractivity contribution is -0.142. The van der Waals surface area contributed by atoms with Crippen LogP contribution in [0.3, 0.4) is 0 Å². The Balaban J connectivity index is 2.31. The van der Waals surface area contributed by atoms with Crippen molar-refractivity contribution in [1.82, 2.24) is 0 Å². The van der Waals surface area contributed by atoms with Crippen LogP contribution in [-0.4, -0.2) is 30.1 Å². The number of hydrogen-bond donors (Lipinski definition) is 0. The molecule has 0 radical (unpaired) electrons. The Morgan fingerprint density at radius 3 is 1.93 bits per heavy atom. The molecule has 0 amide bonds. The minimum Gasteiger partial charge on any atom is -0.494 e. The standard InChI is InChI=1S/C22H26O7/c1-4-7-8-9-12-27-14-10-11-15-16(13-14)20(26)22(29-18(24)6-3)21(19(15)25)28-17(23)5-2/h10-11,13H,4-9,12H2,1-3H3. The van der Waals surface area contributed by atoms with Crippen molar-refractivity contribution < 1.29 is 33.4 Å². The lowest BCUT2D eigenvalue weighted by Crippen LogP contribution is -2.27. The highest BCUT2D eigenvalue weighted by Gasteiger charge is 2.37. The molecular weight excluding hydrogens is 376 g/mol. The smallest absolute Gasteiger partial charge is 0.311 e. The summed E-state index contributed by atoms with van der Waals surface area (Å²) in [5.74, 6) is -3.47. The normalized spacial score (nSPS) is 13.2. The molecule has 0 heterocycles. The number of hydrogen-bond acceptors (Lipinski definition) is 7. The number of ketones is 2. The fourth-order valence-electron chi connectivity index (χ4n) is 2.73. The van der Waals surface area contributed by atoms with E-state index < -0.39 is 35.0 Å². The maximum atomic E-state index is 12.9. The van der Waals surface area contributed by atoms with E-state index in [1.165, 1.54) is 12.1 Å². The average molecular weight is 402 g/mol. The van der Waals surface area contributed by atoms with Crippen LogP contribution in [0, 0.1) is 0 Å². The van der Waals surface area contributed by atoms with Crippen LogP contribution in [0.25, 0.3) is 0 Å². The quantitative estimate of drug-likeness (QED) is 0.428. The molecule has 1 aromatic rings. The molecule has 1 aromatic carbocycles. The van der Waals surface area contributed by atoms with Gasteiger partial charge in [0.25, 0.3) is 0 Å². The summed E-state index contributed by atoms with van der Waals surface area (Å²) >= 11 is 0. The van der Waals surface area contributed by atoms with E-state index in [1.807, 2.05) is 0 Å². The van der Waals surface area contributed by atoms with Gasteiger partial charge in [-0.1, -0.05) is 40.0 Å². The van der Waals surface area contributed by atoms with Crippen molar-refractivity contribution in [3.05, 3.63) is 40.8 Å². The fraction of sp³-hybridized carbons (Fsp3) is 0.455. The van der Waals surface area contributed by atoms with Crippen molar-refractivity contribution in [2.24, 2.45) is 0 Å². The SMILES string of the molecule is CCCCCCOc1ccc2c(c1)C(=O)C(OC(=O)CC)=C(OC(=O)CC)C2=O. The van der Waals surface area contributed by atoms with Crippen LogP contribution in [0.2, 0.25) is 0 Å². The van der Waals surface area contributed by atoms with E-state index >= 15 is 0 Å². The first-order valence-electron chi connectivity index (χ1n) is 9.94. The van der Waals surface area contributed by atoms with E-state index in [0.717, 1.165) is 25.7 Å². The highest BCUT2D eigenvalue weighted by Crippen LogP contribution is 2.31. The topological polar surface area (TPSA) is 96.0 Å². The van der Waals surface area contributed by atoms with Crippen LogP contribution in [-0.2, 0) is 19.1 Å². The van der Waals surface area contributed by atoms with Gasteiger partial charge in [-0.15, -0.1) is 0 Å². The third-order valence-corrected chi connectivity index (χ3v) is 4.37. The second-order valence-corrected chi connectivity index (χ2v) is 6.59. The van der Waals surface area contributed by atoms with Gasteiger partial charge in [-0.25, -0.2) is 0 Å². The van der Waals surface area contributed by atoms with Crippen LogP contribution in [0.15, 0.2) is 29.7 Å². The summed E-state index contributed by atoms with van der Waals surface area (Å²) in [6.07, 6.45) is 4.16. The van der Waals surface area contributed by atoms with Gasteiger partial charge in [0.1, 0.15) is 5.75 Å². The van der Waals surface area contributed by atoms with Crippen LogP contribution in [0.1, 0.15) is 80.0 Å². The molecule has 0 atom stereocenters. The average Bonchev–Trinajstić information content (AvgIpc) is 2.73. The van der Waals surface area contributed by atoms with Gasteiger partial charge >= 0.3 is 11.9 Å². The zero-order chi connectivity index (χ0) is 21.4. The van der Waals surface area contributed by atoms with Crippen LogP contribution < -0.4 is 4.74 Å². The first-order valence-corrected chi connectivity index (χ1v) is 9.94. The number of rotatable bonds is 10. The van der Waals surface area contributed by atoms with Gasteiger partial charge < -0.3 is 14.2 Å². The van der Waals surface area contributed by atoms with Crippen molar-refractivity contribution in [2.75, 3.05) is 6.61 Å². The summed E-state index contributed by atoms with van der Waals surface area (Å²) in [7, 11) is 0. The van der Waals surface area contributed by atoms with E-state index in [2.05, 4.69) is 6.92 Å². The molecular formula is C22H26O7. The second kappa shape index (κ2) is 10.5. The Labute approximate surface area is 170 Å². The number of carbonyl (C=O) groups excluding carboxylic acids is 4. The number of unbranched alkanes of at least 4 members (excludes halogenated alkanes) is 3. The maximum Gasteiger partial charge on any atom is 0.311 e. The predicted octanol–water partition coefficient (Wildman–Crippen LogP) is 4.14. The highest BCUT2D eigenvalue weighted by molar-refractivity contribution is 6.26. The molecule has 0 N–H and O–H groups in total. The number of fused-ring (bicyclic) bond motifs is 1. The maximum absolute atomic E-state index is 12.9. The van der Waals surface area contributed by atoms with E-state index in [9.17, 15) is 19.2 Å². The Kier molecular flexibility index (Phi) is 8.12. The molecule has 1 aliphatic carbocycles. The molecule has 2 rings (SSSR count). The molecule has 0 spiro atoms. The first-order chi connectivity index (χ1) is 13.9. The van der Waals surface area contributed by atoms with E-state index in [0.29, 0.717) is 12.4 Å². The van der Waals surface area contributed by atoms with Gasteiger partial charge in [-0.3, -0.25) is 19.2 Å². The monoisotopic (exact) mass is 402 g/mol. The molecule has 29 heavy (non-hydrogen) atoms. The molecule has 1 aliphatic rings. The third kappa shape index (κ3) is 5.53. The van der Waals surface area contributed by atoms with Crippen molar-refractivity contribution >= 4 is 23.5 Å². The number of allylic oxidation sites excluding steroid dienone is 2. The van der Waals surface area contributed by atoms with Crippen LogP contribution in [0.5, 0.6) is 5.75 Å². The molecule has 156 valence electrons. The molecule has 0 saturated carbocycles. The van der Waals surface area contributed by atoms with Gasteiger partial charge in [-0.2, -0.15) is 0 Å². The van der Waals surface area contributed by atoms with Crippen molar-refractivity contribution in [1.29, 1.82) is 0 Å². The van der Waals surface area contributed by atoms with Gasteiger partial charge in [0, 0.05) is 24.0 Å². The van der Waals surface area contributed by atoms with Crippen LogP contribution in [0.4, 0.5) is 0 Å². The summed E-state index contributed by atoms with van der Waals surface area (Å²) in [5, 5.41) is 0. The molecule has 0 fully saturated rings. The Hall–Kier alpha value is -2.96. The number of esters is 2. The summed E-state index contributed by atoms with van der Waals surface area (Å²) < 4.78 is 15.8. The molecule has 0 bridgehead atoms. The molecule has 7 nitrogen and oxygen atoms in total. The molecule has 0 aliphatic heterocycles. The van der Waals surface area contributed by atoms with Gasteiger partial charge in [0.05, 0.1) is 6.61 Å². The minimum atomic E-state index is -0.710. The molecule has 0 saturated heterocycles. The fourth-order valence-corrected chi connectivity index (χ4v) is 2.73. The van der Waals surface area contributed by atoms with Gasteiger partial charge in [0.15, 0.2) is 0 Å². The number of carbonyl (C=O) groups is 4. The van der Waals surface area contributed by atoms with Gasteiger partial charge in [0.2, 0.25) is 23.1 Å². The Bertz CT molecular complexity index is 836. The third-order valence-electron chi connectivity index (χ3n) is 4.37. The molecule has 0 unspecified atom stereocenters. The van der Waals surface area contributed by atoms with Crippen molar-refractivity contribution in [2.45, 2.75) is 59.3 Å². The van der Waals surface area contributed by atoms with E-state index in [-0.39, 0.29) is 24.0 Å². The summed E-state index contributed by atoms with van der Waals surface area (Å²) in [5.41, 5.74) is 0.125. The zero-order valence-corrected chi connectivity index (χ0v) is 17.0. The van der Waals surface area contributed by atoms with Crippen molar-refractivity contribution in [3.8, 4) is 5.75 Å². The van der Waals surface area contributed by atoms with E-state index in [4.69, 9.17) is 14.2 Å². The Morgan fingerprint density at radius 2 is 1.38 bits per heavy atom.